The van der Waals surface area contributed by atoms with E-state index >= 15 is 0 Å². The summed E-state index contributed by atoms with van der Waals surface area (Å²) in [7, 11) is 0. The number of nitrogens with one attached hydrogen (secondary N) is 1. The summed E-state index contributed by atoms with van der Waals surface area (Å²) in [5, 5.41) is 21.4. The number of carbonyl (C=O) groups is 2. The van der Waals surface area contributed by atoms with Crippen molar-refractivity contribution < 1.29 is 49.1 Å². The van der Waals surface area contributed by atoms with Gasteiger partial charge in [0.05, 0.1) is 29.0 Å². The van der Waals surface area contributed by atoms with Gasteiger partial charge in [-0.05, 0) is 86.8 Å². The van der Waals surface area contributed by atoms with Crippen LogP contribution in [0, 0.1) is 29.6 Å². The van der Waals surface area contributed by atoms with E-state index < -0.39 is 56.0 Å². The van der Waals surface area contributed by atoms with E-state index in [1.807, 2.05) is 12.1 Å². The molecule has 0 radical (unpaired) electrons. The lowest BCUT2D eigenvalue weighted by molar-refractivity contribution is -0.389. The fraction of sp³-hybridized carbons (Fsp3) is 0.185. The van der Waals surface area contributed by atoms with Crippen LogP contribution < -0.4 is 11.1 Å². The Morgan fingerprint density at radius 2 is 1.34 bits per heavy atom. The fourth-order valence-corrected chi connectivity index (χ4v) is 5.59. The van der Waals surface area contributed by atoms with E-state index in [-0.39, 0.29) is 51.1 Å². The Balaban J connectivity index is 2.14. The molecule has 0 aliphatic heterocycles. The first-order chi connectivity index (χ1) is 20.1. The minimum Gasteiger partial charge on any atom is -0.366 e. The van der Waals surface area contributed by atoms with Crippen LogP contribution in [0.5, 0.6) is 0 Å². The number of nitriles is 2. The van der Waals surface area contributed by atoms with Crippen LogP contribution in [0.25, 0.3) is 11.1 Å². The van der Waals surface area contributed by atoms with Crippen molar-refractivity contribution in [2.75, 3.05) is 5.32 Å². The second kappa shape index (κ2) is 11.8. The molecule has 0 aliphatic carbocycles. The van der Waals surface area contributed by atoms with Crippen LogP contribution in [0.3, 0.4) is 0 Å². The smallest absolute Gasteiger partial charge is 0.366 e. The van der Waals surface area contributed by atoms with Crippen molar-refractivity contribution in [2.45, 2.75) is 30.9 Å². The van der Waals surface area contributed by atoms with Crippen LogP contribution in [0.4, 0.5) is 45.2 Å². The number of amides is 2. The zero-order chi connectivity index (χ0) is 33.6. The van der Waals surface area contributed by atoms with Crippen molar-refractivity contribution in [2.24, 2.45) is 5.73 Å². The quantitative estimate of drug-likeness (QED) is 0.247. The van der Waals surface area contributed by atoms with E-state index in [0.29, 0.717) is 0 Å². The second-order valence-electron chi connectivity index (χ2n) is 9.01. The van der Waals surface area contributed by atoms with Gasteiger partial charge in [0.2, 0.25) is 5.91 Å². The predicted octanol–water partition coefficient (Wildman–Crippen LogP) is 8.21. The Hall–Kier alpha value is -4.09. The molecule has 0 aliphatic rings. The van der Waals surface area contributed by atoms with Gasteiger partial charge in [-0.1, -0.05) is 0 Å². The van der Waals surface area contributed by atoms with Gasteiger partial charge >= 0.3 is 23.9 Å². The Labute approximate surface area is 258 Å². The SMILES string of the molecule is Cc1c(C(N)=O)ccc(C#N)c1-c1cc(C(=O)Nc2c(Br)cc(C(F)(C(F)(F)F)C(F)(F)C(F)(F)F)cc2Br)ccc1C#N. The third-order valence-corrected chi connectivity index (χ3v) is 7.63. The molecule has 6 nitrogen and oxygen atoms in total. The van der Waals surface area contributed by atoms with E-state index in [4.69, 9.17) is 5.73 Å². The van der Waals surface area contributed by atoms with E-state index in [1.165, 1.54) is 25.1 Å². The van der Waals surface area contributed by atoms with Gasteiger partial charge in [0.15, 0.2) is 0 Å². The number of benzene rings is 3. The van der Waals surface area contributed by atoms with Gasteiger partial charge in [0, 0.05) is 36.8 Å². The molecule has 230 valence electrons. The van der Waals surface area contributed by atoms with Crippen LogP contribution in [0.2, 0.25) is 0 Å². The number of hydrogen-bond donors (Lipinski definition) is 2. The Kier molecular flexibility index (Phi) is 9.21. The molecule has 1 atom stereocenters. The molecule has 0 saturated carbocycles. The van der Waals surface area contributed by atoms with Crippen LogP contribution in [-0.4, -0.2) is 30.1 Å². The highest BCUT2D eigenvalue weighted by Crippen LogP contribution is 2.59. The summed E-state index contributed by atoms with van der Waals surface area (Å²) < 4.78 is 121. The third-order valence-electron chi connectivity index (χ3n) is 6.38. The molecule has 1 unspecified atom stereocenters. The van der Waals surface area contributed by atoms with Gasteiger partial charge in [-0.2, -0.15) is 45.6 Å². The number of halogens is 11. The molecular weight excluding hydrogens is 743 g/mol. The van der Waals surface area contributed by atoms with Crippen LogP contribution >= 0.6 is 31.9 Å². The molecule has 0 heterocycles. The molecule has 44 heavy (non-hydrogen) atoms. The molecule has 0 bridgehead atoms. The average Bonchev–Trinajstić information content (AvgIpc) is 2.92. The first-order valence-corrected chi connectivity index (χ1v) is 13.1. The third kappa shape index (κ3) is 5.73. The van der Waals surface area contributed by atoms with Crippen molar-refractivity contribution in [3.05, 3.63) is 84.8 Å². The minimum atomic E-state index is -6.93. The van der Waals surface area contributed by atoms with Gasteiger partial charge in [0.1, 0.15) is 0 Å². The predicted molar refractivity (Wildman–Crippen MR) is 144 cm³/mol. The topological polar surface area (TPSA) is 120 Å². The lowest BCUT2D eigenvalue weighted by atomic mass is 9.87. The van der Waals surface area contributed by atoms with Gasteiger partial charge in [-0.25, -0.2) is 4.39 Å². The maximum Gasteiger partial charge on any atom is 0.457 e. The number of carbonyl (C=O) groups excluding carboxylic acids is 2. The fourth-order valence-electron chi connectivity index (χ4n) is 4.20. The maximum atomic E-state index is 15.0. The first kappa shape index (κ1) is 34.4. The molecule has 2 amide bonds. The van der Waals surface area contributed by atoms with Crippen molar-refractivity contribution in [3.8, 4) is 23.3 Å². The maximum absolute atomic E-state index is 15.0. The number of nitrogens with two attached hydrogens (primary N) is 1. The summed E-state index contributed by atoms with van der Waals surface area (Å²) in [4.78, 5) is 25.0. The molecule has 0 spiro atoms. The van der Waals surface area contributed by atoms with Crippen molar-refractivity contribution in [3.63, 3.8) is 0 Å². The first-order valence-electron chi connectivity index (χ1n) is 11.5. The van der Waals surface area contributed by atoms with E-state index in [9.17, 15) is 59.6 Å². The number of hydrogen-bond acceptors (Lipinski definition) is 4. The van der Waals surface area contributed by atoms with Crippen LogP contribution in [-0.2, 0) is 5.67 Å². The van der Waals surface area contributed by atoms with Crippen molar-refractivity contribution in [1.29, 1.82) is 10.5 Å². The van der Waals surface area contributed by atoms with Gasteiger partial charge < -0.3 is 11.1 Å². The molecule has 0 aromatic heterocycles. The highest BCUT2D eigenvalue weighted by atomic mass is 79.9. The van der Waals surface area contributed by atoms with Crippen molar-refractivity contribution >= 4 is 49.4 Å². The molecular formula is C27H13Br2F9N4O2. The Bertz CT molecular complexity index is 1750. The van der Waals surface area contributed by atoms with Gasteiger partial charge in [-0.15, -0.1) is 0 Å². The largest absolute Gasteiger partial charge is 0.457 e. The standard InChI is InChI=1S/C27H13Br2F9N4O2/c1-11-16(22(41)43)5-4-14(10-40)20(11)17-6-12(2-3-13(17)9-39)23(44)42-21-18(28)7-15(8-19(21)29)24(30,26(33,34)35)25(31,32)27(36,37)38/h2-8H,1H3,(H2,41,43)(H,42,44). The normalized spacial score (nSPS) is 13.4. The molecule has 3 aromatic rings. The zero-order valence-corrected chi connectivity index (χ0v) is 24.7. The number of anilines is 1. The van der Waals surface area contributed by atoms with Gasteiger partial charge in [-0.3, -0.25) is 9.59 Å². The molecule has 3 N–H and O–H groups in total. The summed E-state index contributed by atoms with van der Waals surface area (Å²) in [5.74, 6) is -8.81. The summed E-state index contributed by atoms with van der Waals surface area (Å²) in [6.07, 6.45) is -13.7. The summed E-state index contributed by atoms with van der Waals surface area (Å²) in [5.41, 5.74) is -3.46. The average molecular weight is 756 g/mol. The van der Waals surface area contributed by atoms with Crippen molar-refractivity contribution in [1.82, 2.24) is 0 Å². The molecule has 3 rings (SSSR count). The number of nitrogens with zero attached hydrogens (tertiary/aromatic N) is 2. The van der Waals surface area contributed by atoms with E-state index in [0.717, 1.165) is 12.1 Å². The highest BCUT2D eigenvalue weighted by Gasteiger charge is 2.81. The summed E-state index contributed by atoms with van der Waals surface area (Å²) in [6.45, 7) is 1.44. The summed E-state index contributed by atoms with van der Waals surface area (Å²) >= 11 is 5.34. The molecule has 0 fully saturated rings. The Morgan fingerprint density at radius 1 is 0.818 bits per heavy atom. The molecule has 3 aromatic carbocycles. The second-order valence-corrected chi connectivity index (χ2v) is 10.7. The Morgan fingerprint density at radius 3 is 1.80 bits per heavy atom. The van der Waals surface area contributed by atoms with Crippen LogP contribution in [0.1, 0.15) is 43.0 Å². The highest BCUT2D eigenvalue weighted by molar-refractivity contribution is 9.11. The van der Waals surface area contributed by atoms with E-state index in [2.05, 4.69) is 37.2 Å². The molecule has 0 saturated heterocycles. The zero-order valence-electron chi connectivity index (χ0n) is 21.5. The number of rotatable bonds is 6. The van der Waals surface area contributed by atoms with Gasteiger partial charge in [0.25, 0.3) is 5.91 Å². The lowest BCUT2D eigenvalue weighted by Gasteiger charge is -2.36. The number of alkyl halides is 9. The van der Waals surface area contributed by atoms with Crippen LogP contribution in [0.15, 0.2) is 51.4 Å². The monoisotopic (exact) mass is 754 g/mol. The van der Waals surface area contributed by atoms with E-state index in [1.54, 1.807) is 0 Å². The number of primary amides is 1. The minimum absolute atomic E-state index is 0.00216. The summed E-state index contributed by atoms with van der Waals surface area (Å²) in [6, 6.07) is 9.78. The lowest BCUT2D eigenvalue weighted by Crippen LogP contribution is -2.59. The molecule has 17 heteroatoms.